The largest absolute Gasteiger partial charge is 0.435 e. The topological polar surface area (TPSA) is 85.5 Å². The number of anilines is 2. The number of alkyl halides is 2. The van der Waals surface area contributed by atoms with Crippen molar-refractivity contribution in [1.29, 1.82) is 0 Å². The van der Waals surface area contributed by atoms with Gasteiger partial charge in [-0.25, -0.2) is 13.8 Å². The zero-order valence-corrected chi connectivity index (χ0v) is 17.6. The van der Waals surface area contributed by atoms with Crippen LogP contribution in [0.25, 0.3) is 0 Å². The first-order chi connectivity index (χ1) is 15.1. The van der Waals surface area contributed by atoms with E-state index in [-0.39, 0.29) is 27.0 Å². The molecule has 2 N–H and O–H groups in total. The Bertz CT molecular complexity index is 1150. The number of ether oxygens (including phenoxy) is 1. The molecule has 1 heterocycles. The van der Waals surface area contributed by atoms with Crippen molar-refractivity contribution in [2.45, 2.75) is 26.5 Å². The number of carbonyl (C=O) groups excluding carboxylic acids is 2. The molecule has 0 radical (unpaired) electrons. The van der Waals surface area contributed by atoms with Gasteiger partial charge in [0.05, 0.1) is 10.6 Å². The SMILES string of the molecule is Cc1nc(N(c2ccc(F)c(F)c2)[C@@H](C)C(N)=O)sc1C(=O)c1ccc(OC(F)F)cc1. The maximum absolute atomic E-state index is 13.8. The van der Waals surface area contributed by atoms with Gasteiger partial charge in [-0.05, 0) is 50.2 Å². The van der Waals surface area contributed by atoms with E-state index in [1.165, 1.54) is 42.2 Å². The average molecular weight is 467 g/mol. The third kappa shape index (κ3) is 4.88. The molecule has 0 aliphatic heterocycles. The van der Waals surface area contributed by atoms with Gasteiger partial charge in [-0.2, -0.15) is 8.78 Å². The minimum Gasteiger partial charge on any atom is -0.435 e. The molecule has 0 unspecified atom stereocenters. The smallest absolute Gasteiger partial charge is 0.387 e. The quantitative estimate of drug-likeness (QED) is 0.387. The first kappa shape index (κ1) is 23.2. The lowest BCUT2D eigenvalue weighted by Crippen LogP contribution is -2.40. The normalized spacial score (nSPS) is 12.0. The highest BCUT2D eigenvalue weighted by Crippen LogP contribution is 2.35. The van der Waals surface area contributed by atoms with Crippen molar-refractivity contribution in [2.75, 3.05) is 4.90 Å². The number of aryl methyl sites for hydroxylation is 1. The van der Waals surface area contributed by atoms with Crippen LogP contribution in [-0.2, 0) is 4.79 Å². The van der Waals surface area contributed by atoms with E-state index < -0.39 is 36.0 Å². The summed E-state index contributed by atoms with van der Waals surface area (Å²) < 4.78 is 56.1. The number of benzene rings is 2. The summed E-state index contributed by atoms with van der Waals surface area (Å²) in [4.78, 5) is 30.6. The third-order valence-electron chi connectivity index (χ3n) is 4.52. The molecule has 0 bridgehead atoms. The van der Waals surface area contributed by atoms with Crippen LogP contribution in [-0.4, -0.2) is 29.3 Å². The minimum atomic E-state index is -2.99. The summed E-state index contributed by atoms with van der Waals surface area (Å²) in [5.74, 6) is -3.47. The second-order valence-corrected chi connectivity index (χ2v) is 7.67. The summed E-state index contributed by atoms with van der Waals surface area (Å²) in [6.07, 6.45) is 0. The van der Waals surface area contributed by atoms with Gasteiger partial charge in [-0.15, -0.1) is 0 Å². The summed E-state index contributed by atoms with van der Waals surface area (Å²) in [6.45, 7) is 0.0426. The Labute approximate surface area is 184 Å². The highest BCUT2D eigenvalue weighted by atomic mass is 32.1. The lowest BCUT2D eigenvalue weighted by Gasteiger charge is -2.26. The molecule has 0 saturated heterocycles. The van der Waals surface area contributed by atoms with Gasteiger partial charge in [0.15, 0.2) is 16.8 Å². The first-order valence-electron chi connectivity index (χ1n) is 9.19. The standard InChI is InChI=1S/C21H17F4N3O3S/c1-10-18(17(29)12-3-6-14(7-4-12)31-20(24)25)32-21(27-10)28(11(2)19(26)30)13-5-8-15(22)16(23)9-13/h3-9,11,20H,1-2H3,(H2,26,30)/t11-/m0/s1. The second kappa shape index (κ2) is 9.35. The highest BCUT2D eigenvalue weighted by Gasteiger charge is 2.27. The monoisotopic (exact) mass is 467 g/mol. The number of nitrogens with two attached hydrogens (primary N) is 1. The molecular weight excluding hydrogens is 450 g/mol. The van der Waals surface area contributed by atoms with Crippen LogP contribution in [0.15, 0.2) is 42.5 Å². The molecule has 6 nitrogen and oxygen atoms in total. The van der Waals surface area contributed by atoms with E-state index in [1.807, 2.05) is 0 Å². The number of nitrogens with zero attached hydrogens (tertiary/aromatic N) is 2. The molecule has 3 aromatic rings. The molecule has 3 rings (SSSR count). The Hall–Kier alpha value is -3.47. The van der Waals surface area contributed by atoms with Gasteiger partial charge in [0.2, 0.25) is 11.7 Å². The van der Waals surface area contributed by atoms with Crippen molar-refractivity contribution < 1.29 is 31.9 Å². The minimum absolute atomic E-state index is 0.0990. The van der Waals surface area contributed by atoms with Gasteiger partial charge in [-0.3, -0.25) is 9.59 Å². The Kier molecular flexibility index (Phi) is 6.78. The van der Waals surface area contributed by atoms with E-state index in [9.17, 15) is 27.2 Å². The summed E-state index contributed by atoms with van der Waals surface area (Å²) in [5, 5.41) is 0.167. The number of hydrogen-bond donors (Lipinski definition) is 1. The number of rotatable bonds is 8. The number of halogens is 4. The molecule has 0 aliphatic rings. The maximum Gasteiger partial charge on any atom is 0.387 e. The number of carbonyl (C=O) groups is 2. The van der Waals surface area contributed by atoms with Crippen LogP contribution in [0.1, 0.15) is 27.9 Å². The van der Waals surface area contributed by atoms with Gasteiger partial charge >= 0.3 is 6.61 Å². The predicted octanol–water partition coefficient (Wildman–Crippen LogP) is 4.57. The summed E-state index contributed by atoms with van der Waals surface area (Å²) in [7, 11) is 0. The van der Waals surface area contributed by atoms with E-state index >= 15 is 0 Å². The van der Waals surface area contributed by atoms with Crippen LogP contribution in [0.4, 0.5) is 28.4 Å². The van der Waals surface area contributed by atoms with Crippen molar-refractivity contribution in [3.05, 3.63) is 70.2 Å². The number of thiazole rings is 1. The summed E-state index contributed by atoms with van der Waals surface area (Å²) in [5.41, 5.74) is 6.07. The molecular formula is C21H17F4N3O3S. The van der Waals surface area contributed by atoms with Crippen LogP contribution in [0.2, 0.25) is 0 Å². The van der Waals surface area contributed by atoms with E-state index in [4.69, 9.17) is 5.73 Å². The van der Waals surface area contributed by atoms with Gasteiger partial charge < -0.3 is 15.4 Å². The number of primary amides is 1. The van der Waals surface area contributed by atoms with Crippen LogP contribution in [0.5, 0.6) is 5.75 Å². The van der Waals surface area contributed by atoms with Gasteiger partial charge in [0.25, 0.3) is 0 Å². The molecule has 32 heavy (non-hydrogen) atoms. The van der Waals surface area contributed by atoms with E-state index in [0.717, 1.165) is 23.5 Å². The number of aromatic nitrogens is 1. The lowest BCUT2D eigenvalue weighted by molar-refractivity contribution is -0.118. The van der Waals surface area contributed by atoms with Gasteiger partial charge in [0, 0.05) is 17.3 Å². The van der Waals surface area contributed by atoms with Crippen LogP contribution in [0.3, 0.4) is 0 Å². The fourth-order valence-corrected chi connectivity index (χ4v) is 4.01. The second-order valence-electron chi connectivity index (χ2n) is 6.69. The van der Waals surface area contributed by atoms with Crippen LogP contribution in [0, 0.1) is 18.6 Å². The van der Waals surface area contributed by atoms with Crippen molar-refractivity contribution in [3.8, 4) is 5.75 Å². The van der Waals surface area contributed by atoms with Crippen molar-refractivity contribution in [1.82, 2.24) is 4.98 Å². The van der Waals surface area contributed by atoms with E-state index in [2.05, 4.69) is 9.72 Å². The summed E-state index contributed by atoms with van der Waals surface area (Å²) >= 11 is 0.926. The molecule has 168 valence electrons. The van der Waals surface area contributed by atoms with E-state index in [0.29, 0.717) is 5.69 Å². The van der Waals surface area contributed by atoms with Crippen LogP contribution >= 0.6 is 11.3 Å². The number of ketones is 1. The van der Waals surface area contributed by atoms with E-state index in [1.54, 1.807) is 6.92 Å². The Morgan fingerprint density at radius 3 is 2.31 bits per heavy atom. The zero-order valence-electron chi connectivity index (χ0n) is 16.8. The molecule has 1 atom stereocenters. The first-order valence-corrected chi connectivity index (χ1v) is 10.0. The molecule has 2 aromatic carbocycles. The number of hydrogen-bond acceptors (Lipinski definition) is 6. The highest BCUT2D eigenvalue weighted by molar-refractivity contribution is 7.18. The predicted molar refractivity (Wildman–Crippen MR) is 111 cm³/mol. The molecule has 0 fully saturated rings. The zero-order chi connectivity index (χ0) is 23.6. The van der Waals surface area contributed by atoms with Crippen molar-refractivity contribution in [3.63, 3.8) is 0 Å². The fraction of sp³-hybridized carbons (Fsp3) is 0.190. The van der Waals surface area contributed by atoms with Crippen LogP contribution < -0.4 is 15.4 Å². The van der Waals surface area contributed by atoms with Gasteiger partial charge in [-0.1, -0.05) is 11.3 Å². The molecule has 0 saturated carbocycles. The molecule has 0 spiro atoms. The van der Waals surface area contributed by atoms with Crippen molar-refractivity contribution in [2.24, 2.45) is 5.73 Å². The molecule has 11 heteroatoms. The van der Waals surface area contributed by atoms with Crippen molar-refractivity contribution >= 4 is 33.8 Å². The Morgan fingerprint density at radius 1 is 1.09 bits per heavy atom. The summed E-state index contributed by atoms with van der Waals surface area (Å²) in [6, 6.07) is 7.21. The molecule has 1 amide bonds. The maximum atomic E-state index is 13.8. The number of amides is 1. The molecule has 1 aromatic heterocycles. The molecule has 0 aliphatic carbocycles. The Balaban J connectivity index is 1.98. The average Bonchev–Trinajstić information content (AvgIpc) is 3.11. The lowest BCUT2D eigenvalue weighted by atomic mass is 10.1. The Morgan fingerprint density at radius 2 is 1.75 bits per heavy atom. The third-order valence-corrected chi connectivity index (χ3v) is 5.68. The van der Waals surface area contributed by atoms with Gasteiger partial charge in [0.1, 0.15) is 11.8 Å². The fourth-order valence-electron chi connectivity index (χ4n) is 2.88.